The standard InChI is InChI=1S/C30H39N7O5S/c1-20-17-41-18-21(2)37(20)16-22-5-6-25(24(15-22)27(38)31-11-14-40-3)34-28(39)26-19-43-30(35-26)36-12-7-23(8-13-36)42-29-32-9-4-10-33-29/h4-6,9-10,15,19-21,23H,7-8,11-14,16-18H2,1-3H3,(H,31,38)(H,34,39)/t20-,21+. The Morgan fingerprint density at radius 2 is 1.84 bits per heavy atom. The van der Waals surface area contributed by atoms with E-state index in [1.54, 1.807) is 37.0 Å². The molecule has 230 valence electrons. The molecule has 2 aliphatic rings. The van der Waals surface area contributed by atoms with Crippen molar-refractivity contribution in [3.05, 3.63) is 58.9 Å². The molecule has 0 unspecified atom stereocenters. The number of hydrogen-bond donors (Lipinski definition) is 2. The molecule has 2 N–H and O–H groups in total. The molecule has 4 heterocycles. The minimum absolute atomic E-state index is 0.0347. The van der Waals surface area contributed by atoms with Crippen LogP contribution in [0.2, 0.25) is 0 Å². The van der Waals surface area contributed by atoms with Gasteiger partial charge in [-0.1, -0.05) is 6.07 Å². The summed E-state index contributed by atoms with van der Waals surface area (Å²) in [7, 11) is 1.58. The summed E-state index contributed by atoms with van der Waals surface area (Å²) < 4.78 is 16.6. The van der Waals surface area contributed by atoms with Crippen LogP contribution in [0.3, 0.4) is 0 Å². The number of ether oxygens (including phenoxy) is 3. The first kappa shape index (κ1) is 30.8. The van der Waals surface area contributed by atoms with E-state index in [1.807, 2.05) is 12.1 Å². The third kappa shape index (κ3) is 8.05. The van der Waals surface area contributed by atoms with Crippen LogP contribution in [0.1, 0.15) is 53.1 Å². The van der Waals surface area contributed by atoms with Crippen LogP contribution in [-0.2, 0) is 16.0 Å². The summed E-state index contributed by atoms with van der Waals surface area (Å²) in [5.74, 6) is -0.640. The smallest absolute Gasteiger partial charge is 0.316 e. The van der Waals surface area contributed by atoms with Crippen molar-refractivity contribution in [2.24, 2.45) is 0 Å². The average Bonchev–Trinajstić information content (AvgIpc) is 3.51. The molecule has 0 saturated carbocycles. The average molecular weight is 610 g/mol. The van der Waals surface area contributed by atoms with Crippen LogP contribution < -0.4 is 20.3 Å². The van der Waals surface area contributed by atoms with Crippen LogP contribution in [0.25, 0.3) is 0 Å². The summed E-state index contributed by atoms with van der Waals surface area (Å²) in [4.78, 5) is 43.9. The number of thiazole rings is 1. The van der Waals surface area contributed by atoms with Crippen molar-refractivity contribution < 1.29 is 23.8 Å². The molecule has 0 radical (unpaired) electrons. The lowest BCUT2D eigenvalue weighted by Gasteiger charge is -2.38. The van der Waals surface area contributed by atoms with Gasteiger partial charge in [0.2, 0.25) is 0 Å². The van der Waals surface area contributed by atoms with Gasteiger partial charge in [-0.25, -0.2) is 15.0 Å². The molecule has 0 aliphatic carbocycles. The number of nitrogens with zero attached hydrogens (tertiary/aromatic N) is 5. The third-order valence-corrected chi connectivity index (χ3v) is 8.54. The van der Waals surface area contributed by atoms with Gasteiger partial charge in [0.05, 0.1) is 31.1 Å². The fourth-order valence-corrected chi connectivity index (χ4v) is 6.13. The van der Waals surface area contributed by atoms with Gasteiger partial charge in [0.15, 0.2) is 5.13 Å². The molecule has 2 atom stereocenters. The van der Waals surface area contributed by atoms with Gasteiger partial charge in [0.25, 0.3) is 11.8 Å². The first-order chi connectivity index (χ1) is 20.9. The highest BCUT2D eigenvalue weighted by molar-refractivity contribution is 7.14. The molecule has 12 nitrogen and oxygen atoms in total. The Hall–Kier alpha value is -3.65. The largest absolute Gasteiger partial charge is 0.460 e. The van der Waals surface area contributed by atoms with Crippen LogP contribution in [0, 0.1) is 0 Å². The molecule has 5 rings (SSSR count). The Bertz CT molecular complexity index is 1360. The molecule has 2 aromatic heterocycles. The molecule has 2 fully saturated rings. The molecule has 13 heteroatoms. The molecule has 43 heavy (non-hydrogen) atoms. The molecular weight excluding hydrogens is 570 g/mol. The maximum Gasteiger partial charge on any atom is 0.316 e. The number of carbonyl (C=O) groups excluding carboxylic acids is 2. The number of aromatic nitrogens is 3. The predicted octanol–water partition coefficient (Wildman–Crippen LogP) is 3.22. The molecular formula is C30H39N7O5S. The lowest BCUT2D eigenvalue weighted by Crippen LogP contribution is -2.48. The van der Waals surface area contributed by atoms with E-state index >= 15 is 0 Å². The summed E-state index contributed by atoms with van der Waals surface area (Å²) in [5.41, 5.74) is 2.12. The summed E-state index contributed by atoms with van der Waals surface area (Å²) in [6, 6.07) is 8.27. The number of benzene rings is 1. The van der Waals surface area contributed by atoms with Crippen molar-refractivity contribution in [3.8, 4) is 6.01 Å². The van der Waals surface area contributed by atoms with E-state index in [1.165, 1.54) is 11.3 Å². The fraction of sp³-hybridized carbons (Fsp3) is 0.500. The Balaban J connectivity index is 1.24. The van der Waals surface area contributed by atoms with E-state index in [9.17, 15) is 9.59 Å². The van der Waals surface area contributed by atoms with Crippen LogP contribution in [-0.4, -0.2) is 96.4 Å². The number of piperidine rings is 1. The SMILES string of the molecule is COCCNC(=O)c1cc(CN2[C@H](C)COC[C@@H]2C)ccc1NC(=O)c1csc(N2CCC(Oc3ncccn3)CC2)n1. The zero-order valence-corrected chi connectivity index (χ0v) is 25.6. The second-order valence-electron chi connectivity index (χ2n) is 10.8. The van der Waals surface area contributed by atoms with Crippen LogP contribution in [0.4, 0.5) is 10.8 Å². The zero-order chi connectivity index (χ0) is 30.2. The Morgan fingerprint density at radius 3 is 2.56 bits per heavy atom. The lowest BCUT2D eigenvalue weighted by atomic mass is 10.0. The topological polar surface area (TPSA) is 131 Å². The number of hydrogen-bond acceptors (Lipinski definition) is 11. The van der Waals surface area contributed by atoms with Crippen molar-refractivity contribution >= 4 is 34.0 Å². The monoisotopic (exact) mass is 609 g/mol. The van der Waals surface area contributed by atoms with Gasteiger partial charge in [0.1, 0.15) is 11.8 Å². The number of morpholine rings is 1. The normalized spacial score (nSPS) is 19.7. The van der Waals surface area contributed by atoms with Crippen molar-refractivity contribution in [2.45, 2.75) is 51.4 Å². The molecule has 2 saturated heterocycles. The highest BCUT2D eigenvalue weighted by Gasteiger charge is 2.27. The van der Waals surface area contributed by atoms with E-state index in [4.69, 9.17) is 14.2 Å². The highest BCUT2D eigenvalue weighted by atomic mass is 32.1. The molecule has 0 spiro atoms. The van der Waals surface area contributed by atoms with Crippen LogP contribution >= 0.6 is 11.3 Å². The predicted molar refractivity (Wildman–Crippen MR) is 164 cm³/mol. The summed E-state index contributed by atoms with van der Waals surface area (Å²) in [6.07, 6.45) is 4.96. The maximum absolute atomic E-state index is 13.3. The highest BCUT2D eigenvalue weighted by Crippen LogP contribution is 2.27. The zero-order valence-electron chi connectivity index (χ0n) is 24.8. The number of carbonyl (C=O) groups is 2. The number of rotatable bonds is 11. The second kappa shape index (κ2) is 14.7. The first-order valence-corrected chi connectivity index (χ1v) is 15.5. The molecule has 3 aromatic rings. The van der Waals surface area contributed by atoms with E-state index in [2.05, 4.69) is 49.2 Å². The van der Waals surface area contributed by atoms with E-state index in [-0.39, 0.29) is 30.0 Å². The fourth-order valence-electron chi connectivity index (χ4n) is 5.27. The van der Waals surface area contributed by atoms with Crippen molar-refractivity contribution in [3.63, 3.8) is 0 Å². The Morgan fingerprint density at radius 1 is 1.09 bits per heavy atom. The molecule has 2 aliphatic heterocycles. The van der Waals surface area contributed by atoms with Gasteiger partial charge in [-0.2, -0.15) is 0 Å². The van der Waals surface area contributed by atoms with Crippen molar-refractivity contribution in [1.29, 1.82) is 0 Å². The van der Waals surface area contributed by atoms with Gasteiger partial charge < -0.3 is 29.7 Å². The number of amides is 2. The van der Waals surface area contributed by atoms with Gasteiger partial charge in [0, 0.05) is 76.0 Å². The van der Waals surface area contributed by atoms with Crippen molar-refractivity contribution in [2.75, 3.05) is 56.8 Å². The van der Waals surface area contributed by atoms with Gasteiger partial charge >= 0.3 is 6.01 Å². The third-order valence-electron chi connectivity index (χ3n) is 7.64. The first-order valence-electron chi connectivity index (χ1n) is 14.6. The Labute approximate surface area is 255 Å². The maximum atomic E-state index is 13.3. The Kier molecular flexibility index (Phi) is 10.5. The van der Waals surface area contributed by atoms with E-state index in [0.29, 0.717) is 55.9 Å². The van der Waals surface area contributed by atoms with E-state index in [0.717, 1.165) is 36.6 Å². The number of methoxy groups -OCH3 is 1. The van der Waals surface area contributed by atoms with Gasteiger partial charge in [-0.05, 0) is 37.6 Å². The summed E-state index contributed by atoms with van der Waals surface area (Å²) in [6.45, 7) is 8.55. The minimum atomic E-state index is -0.365. The summed E-state index contributed by atoms with van der Waals surface area (Å²) in [5, 5.41) is 8.33. The van der Waals surface area contributed by atoms with Crippen LogP contribution in [0.5, 0.6) is 6.01 Å². The van der Waals surface area contributed by atoms with Gasteiger partial charge in [-0.15, -0.1) is 11.3 Å². The second-order valence-corrected chi connectivity index (χ2v) is 11.7. The minimum Gasteiger partial charge on any atom is -0.460 e. The summed E-state index contributed by atoms with van der Waals surface area (Å²) >= 11 is 1.43. The van der Waals surface area contributed by atoms with E-state index < -0.39 is 0 Å². The molecule has 0 bridgehead atoms. The van der Waals surface area contributed by atoms with Crippen molar-refractivity contribution in [1.82, 2.24) is 25.2 Å². The quantitative estimate of drug-likeness (QED) is 0.313. The number of nitrogens with one attached hydrogen (secondary N) is 2. The number of anilines is 2. The van der Waals surface area contributed by atoms with Crippen LogP contribution in [0.15, 0.2) is 42.0 Å². The molecule has 2 amide bonds. The van der Waals surface area contributed by atoms with Gasteiger partial charge in [-0.3, -0.25) is 14.5 Å². The molecule has 1 aromatic carbocycles. The lowest BCUT2D eigenvalue weighted by molar-refractivity contribution is -0.0409.